The van der Waals surface area contributed by atoms with Gasteiger partial charge in [-0.3, -0.25) is 0 Å². The number of phenolic OH excluding ortho intramolecular Hbond substituents is 1. The molecule has 0 aliphatic heterocycles. The second-order valence-electron chi connectivity index (χ2n) is 7.56. The molecule has 0 atom stereocenters. The third-order valence-electron chi connectivity index (χ3n) is 5.56. The van der Waals surface area contributed by atoms with Crippen molar-refractivity contribution in [1.29, 1.82) is 10.5 Å². The van der Waals surface area contributed by atoms with Crippen LogP contribution in [0.5, 0.6) is 5.75 Å². The summed E-state index contributed by atoms with van der Waals surface area (Å²) in [7, 11) is 0. The Hall–Kier alpha value is -4.94. The molecule has 0 aliphatic rings. The van der Waals surface area contributed by atoms with E-state index < -0.39 is 0 Å². The van der Waals surface area contributed by atoms with Crippen molar-refractivity contribution < 1.29 is 5.11 Å². The SMILES string of the molecule is Cc1nn(-c2ccccc2)c2nc(-c3ccc(C#N)cc3)c(C#N)c(-c3ccccc3O)c12. The first kappa shape index (κ1) is 20.0. The van der Waals surface area contributed by atoms with Gasteiger partial charge in [-0.1, -0.05) is 48.5 Å². The van der Waals surface area contributed by atoms with E-state index in [0.29, 0.717) is 50.2 Å². The fourth-order valence-corrected chi connectivity index (χ4v) is 4.04. The molecule has 0 bridgehead atoms. The predicted molar refractivity (Wildman–Crippen MR) is 126 cm³/mol. The Morgan fingerprint density at radius 1 is 0.848 bits per heavy atom. The van der Waals surface area contributed by atoms with E-state index >= 15 is 0 Å². The van der Waals surface area contributed by atoms with Crippen molar-refractivity contribution in [3.63, 3.8) is 0 Å². The number of benzene rings is 3. The lowest BCUT2D eigenvalue weighted by molar-refractivity contribution is 0.477. The number of para-hydroxylation sites is 2. The number of pyridine rings is 1. The highest BCUT2D eigenvalue weighted by Gasteiger charge is 2.24. The van der Waals surface area contributed by atoms with E-state index in [4.69, 9.17) is 10.1 Å². The topological polar surface area (TPSA) is 98.5 Å². The van der Waals surface area contributed by atoms with Gasteiger partial charge in [0, 0.05) is 16.7 Å². The summed E-state index contributed by atoms with van der Waals surface area (Å²) in [6.45, 7) is 1.87. The average Bonchev–Trinajstić information content (AvgIpc) is 3.20. The standard InChI is InChI=1S/C27H17N5O/c1-17-24-25(21-9-5-6-10-23(21)33)22(16-29)26(19-13-11-18(15-28)12-14-19)30-27(24)32(31-17)20-7-3-2-4-8-20/h2-14,33H,1H3. The van der Waals surface area contributed by atoms with Crippen molar-refractivity contribution in [2.45, 2.75) is 6.92 Å². The molecule has 6 nitrogen and oxygen atoms in total. The average molecular weight is 427 g/mol. The lowest BCUT2D eigenvalue weighted by Gasteiger charge is -2.14. The van der Waals surface area contributed by atoms with Crippen LogP contribution < -0.4 is 0 Å². The van der Waals surface area contributed by atoms with Gasteiger partial charge >= 0.3 is 0 Å². The Morgan fingerprint density at radius 3 is 2.21 bits per heavy atom. The molecule has 0 fully saturated rings. The summed E-state index contributed by atoms with van der Waals surface area (Å²) in [4.78, 5) is 4.90. The molecule has 6 heteroatoms. The van der Waals surface area contributed by atoms with Crippen LogP contribution in [0.15, 0.2) is 78.9 Å². The highest BCUT2D eigenvalue weighted by atomic mass is 16.3. The highest BCUT2D eigenvalue weighted by Crippen LogP contribution is 2.41. The summed E-state index contributed by atoms with van der Waals surface area (Å²) in [5.41, 5.74) is 5.24. The zero-order chi connectivity index (χ0) is 22.9. The van der Waals surface area contributed by atoms with E-state index in [1.165, 1.54) is 0 Å². The maximum Gasteiger partial charge on any atom is 0.164 e. The largest absolute Gasteiger partial charge is 0.507 e. The summed E-state index contributed by atoms with van der Waals surface area (Å²) in [5.74, 6) is 0.0686. The van der Waals surface area contributed by atoms with Crippen LogP contribution in [0.2, 0.25) is 0 Å². The monoisotopic (exact) mass is 427 g/mol. The molecule has 5 aromatic rings. The zero-order valence-corrected chi connectivity index (χ0v) is 17.7. The first-order chi connectivity index (χ1) is 16.1. The van der Waals surface area contributed by atoms with Gasteiger partial charge in [-0.2, -0.15) is 15.6 Å². The fourth-order valence-electron chi connectivity index (χ4n) is 4.04. The first-order valence-electron chi connectivity index (χ1n) is 10.3. The van der Waals surface area contributed by atoms with Gasteiger partial charge in [0.05, 0.1) is 39.7 Å². The van der Waals surface area contributed by atoms with E-state index in [-0.39, 0.29) is 5.75 Å². The summed E-state index contributed by atoms with van der Waals surface area (Å²) >= 11 is 0. The quantitative estimate of drug-likeness (QED) is 0.409. The van der Waals surface area contributed by atoms with Gasteiger partial charge in [-0.25, -0.2) is 9.67 Å². The van der Waals surface area contributed by atoms with Gasteiger partial charge in [0.25, 0.3) is 0 Å². The van der Waals surface area contributed by atoms with Crippen molar-refractivity contribution in [3.05, 3.63) is 95.7 Å². The minimum absolute atomic E-state index is 0.0686. The number of hydrogen-bond acceptors (Lipinski definition) is 5. The van der Waals surface area contributed by atoms with Crippen LogP contribution >= 0.6 is 0 Å². The molecule has 0 aliphatic carbocycles. The molecule has 156 valence electrons. The summed E-state index contributed by atoms with van der Waals surface area (Å²) in [6, 6.07) is 28.0. The van der Waals surface area contributed by atoms with Crippen LogP contribution in [-0.2, 0) is 0 Å². The molecule has 0 spiro atoms. The predicted octanol–water partition coefficient (Wildman–Crippen LogP) is 5.51. The van der Waals surface area contributed by atoms with Crippen LogP contribution in [0.4, 0.5) is 0 Å². The number of hydrogen-bond donors (Lipinski definition) is 1. The summed E-state index contributed by atoms with van der Waals surface area (Å²) in [6.07, 6.45) is 0. The first-order valence-corrected chi connectivity index (χ1v) is 10.3. The molecular formula is C27H17N5O. The van der Waals surface area contributed by atoms with Crippen molar-refractivity contribution in [1.82, 2.24) is 14.8 Å². The van der Waals surface area contributed by atoms with Gasteiger partial charge in [-0.05, 0) is 37.3 Å². The minimum atomic E-state index is 0.0686. The van der Waals surface area contributed by atoms with Gasteiger partial charge < -0.3 is 5.11 Å². The Bertz CT molecular complexity index is 1590. The van der Waals surface area contributed by atoms with Crippen LogP contribution in [0.25, 0.3) is 39.1 Å². The molecule has 0 amide bonds. The molecule has 0 saturated carbocycles. The molecule has 0 radical (unpaired) electrons. The van der Waals surface area contributed by atoms with Gasteiger partial charge in [0.2, 0.25) is 0 Å². The summed E-state index contributed by atoms with van der Waals surface area (Å²) in [5, 5.41) is 35.5. The number of rotatable bonds is 3. The lowest BCUT2D eigenvalue weighted by Crippen LogP contribution is -2.01. The molecule has 3 aromatic carbocycles. The van der Waals surface area contributed by atoms with Crippen molar-refractivity contribution in [2.75, 3.05) is 0 Å². The molecule has 5 rings (SSSR count). The summed E-state index contributed by atoms with van der Waals surface area (Å²) < 4.78 is 1.75. The van der Waals surface area contributed by atoms with E-state index in [0.717, 1.165) is 5.69 Å². The Balaban J connectivity index is 1.94. The van der Waals surface area contributed by atoms with Crippen molar-refractivity contribution >= 4 is 11.0 Å². The molecule has 0 saturated heterocycles. The fraction of sp³-hybridized carbons (Fsp3) is 0.0370. The second-order valence-corrected chi connectivity index (χ2v) is 7.56. The van der Waals surface area contributed by atoms with Crippen molar-refractivity contribution in [2.24, 2.45) is 0 Å². The molecule has 1 N–H and O–H groups in total. The van der Waals surface area contributed by atoms with Crippen LogP contribution in [0.1, 0.15) is 16.8 Å². The van der Waals surface area contributed by atoms with E-state index in [1.54, 1.807) is 47.1 Å². The van der Waals surface area contributed by atoms with Crippen molar-refractivity contribution in [3.8, 4) is 46.0 Å². The van der Waals surface area contributed by atoms with Crippen LogP contribution in [-0.4, -0.2) is 19.9 Å². The normalized spacial score (nSPS) is 10.6. The number of aromatic nitrogens is 3. The highest BCUT2D eigenvalue weighted by molar-refractivity contribution is 6.02. The van der Waals surface area contributed by atoms with E-state index in [9.17, 15) is 15.6 Å². The molecule has 2 aromatic heterocycles. The third-order valence-corrected chi connectivity index (χ3v) is 5.56. The zero-order valence-electron chi connectivity index (χ0n) is 17.7. The third kappa shape index (κ3) is 3.27. The molecular weight excluding hydrogens is 410 g/mol. The maximum absolute atomic E-state index is 10.7. The number of phenols is 1. The smallest absolute Gasteiger partial charge is 0.164 e. The Morgan fingerprint density at radius 2 is 1.55 bits per heavy atom. The molecule has 0 unspecified atom stereocenters. The van der Waals surface area contributed by atoms with Gasteiger partial charge in [0.1, 0.15) is 11.8 Å². The number of fused-ring (bicyclic) bond motifs is 1. The second kappa shape index (κ2) is 7.96. The number of aryl methyl sites for hydroxylation is 1. The van der Waals surface area contributed by atoms with E-state index in [2.05, 4.69) is 12.1 Å². The number of nitriles is 2. The van der Waals surface area contributed by atoms with Gasteiger partial charge in [0.15, 0.2) is 5.65 Å². The minimum Gasteiger partial charge on any atom is -0.507 e. The number of aromatic hydroxyl groups is 1. The van der Waals surface area contributed by atoms with E-state index in [1.807, 2.05) is 43.3 Å². The van der Waals surface area contributed by atoms with Crippen LogP contribution in [0.3, 0.4) is 0 Å². The number of nitrogens with zero attached hydrogens (tertiary/aromatic N) is 5. The lowest BCUT2D eigenvalue weighted by atomic mass is 9.92. The van der Waals surface area contributed by atoms with Crippen LogP contribution in [0, 0.1) is 29.6 Å². The Labute approximate surface area is 190 Å². The maximum atomic E-state index is 10.7. The Kier molecular flexibility index (Phi) is 4.82. The molecule has 2 heterocycles. The van der Waals surface area contributed by atoms with Gasteiger partial charge in [-0.15, -0.1) is 0 Å². The molecule has 33 heavy (non-hydrogen) atoms.